The third-order valence-corrected chi connectivity index (χ3v) is 4.19. The van der Waals surface area contributed by atoms with Gasteiger partial charge in [-0.1, -0.05) is 0 Å². The van der Waals surface area contributed by atoms with Crippen molar-refractivity contribution < 1.29 is 14.3 Å². The van der Waals surface area contributed by atoms with Crippen LogP contribution >= 0.6 is 24.8 Å². The number of methoxy groups -OCH3 is 1. The number of carbonyl (C=O) groups excluding carboxylic acids is 1. The first kappa shape index (κ1) is 23.0. The zero-order chi connectivity index (χ0) is 17.5. The number of amides is 1. The second-order valence-corrected chi connectivity index (χ2v) is 6.06. The van der Waals surface area contributed by atoms with Crippen LogP contribution in [0.5, 0.6) is 11.5 Å². The Bertz CT molecular complexity index is 711. The number of rotatable bonds is 7. The quantitative estimate of drug-likeness (QED) is 0.725. The molecule has 1 aromatic carbocycles. The number of anilines is 1. The molecule has 1 saturated heterocycles. The molecule has 1 fully saturated rings. The maximum Gasteiger partial charge on any atom is 0.225 e. The van der Waals surface area contributed by atoms with E-state index in [0.29, 0.717) is 30.2 Å². The van der Waals surface area contributed by atoms with Gasteiger partial charge < -0.3 is 20.1 Å². The van der Waals surface area contributed by atoms with E-state index in [2.05, 4.69) is 15.6 Å². The molecule has 148 valence electrons. The Labute approximate surface area is 171 Å². The van der Waals surface area contributed by atoms with Crippen LogP contribution in [0, 0.1) is 0 Å². The summed E-state index contributed by atoms with van der Waals surface area (Å²) in [5.41, 5.74) is 1.72. The monoisotopic (exact) mass is 413 g/mol. The summed E-state index contributed by atoms with van der Waals surface area (Å²) in [4.78, 5) is 16.2. The SMILES string of the molecule is COc1ccc(NC(=O)CC2CCCN2)cc1OCc1ccncc1.Cl.Cl. The van der Waals surface area contributed by atoms with E-state index in [-0.39, 0.29) is 36.8 Å². The largest absolute Gasteiger partial charge is 0.493 e. The molecule has 8 heteroatoms. The van der Waals surface area contributed by atoms with Crippen molar-refractivity contribution in [2.75, 3.05) is 19.0 Å². The molecule has 1 aromatic heterocycles. The number of nitrogens with one attached hydrogen (secondary N) is 2. The fourth-order valence-electron chi connectivity index (χ4n) is 2.87. The van der Waals surface area contributed by atoms with Crippen molar-refractivity contribution in [3.05, 3.63) is 48.3 Å². The third-order valence-electron chi connectivity index (χ3n) is 4.19. The first-order valence-electron chi connectivity index (χ1n) is 8.47. The normalized spacial score (nSPS) is 15.2. The van der Waals surface area contributed by atoms with Crippen LogP contribution in [0.25, 0.3) is 0 Å². The summed E-state index contributed by atoms with van der Waals surface area (Å²) in [7, 11) is 1.60. The minimum absolute atomic E-state index is 0. The minimum atomic E-state index is 0. The number of nitrogens with zero attached hydrogens (tertiary/aromatic N) is 1. The molecule has 6 nitrogen and oxygen atoms in total. The summed E-state index contributed by atoms with van der Waals surface area (Å²) in [5.74, 6) is 1.23. The summed E-state index contributed by atoms with van der Waals surface area (Å²) >= 11 is 0. The van der Waals surface area contributed by atoms with Crippen molar-refractivity contribution >= 4 is 36.4 Å². The summed E-state index contributed by atoms with van der Waals surface area (Å²) in [6.07, 6.45) is 6.12. The molecule has 0 saturated carbocycles. The van der Waals surface area contributed by atoms with E-state index in [1.54, 1.807) is 31.6 Å². The first-order valence-corrected chi connectivity index (χ1v) is 8.47. The number of hydrogen-bond acceptors (Lipinski definition) is 5. The van der Waals surface area contributed by atoms with Gasteiger partial charge in [0.25, 0.3) is 0 Å². The molecule has 1 atom stereocenters. The lowest BCUT2D eigenvalue weighted by molar-refractivity contribution is -0.116. The van der Waals surface area contributed by atoms with Gasteiger partial charge in [0.2, 0.25) is 5.91 Å². The highest BCUT2D eigenvalue weighted by Gasteiger charge is 2.18. The Morgan fingerprint density at radius 1 is 1.22 bits per heavy atom. The van der Waals surface area contributed by atoms with E-state index in [9.17, 15) is 4.79 Å². The Morgan fingerprint density at radius 2 is 2.00 bits per heavy atom. The van der Waals surface area contributed by atoms with Crippen molar-refractivity contribution in [2.45, 2.75) is 31.9 Å². The summed E-state index contributed by atoms with van der Waals surface area (Å²) < 4.78 is 11.2. The lowest BCUT2D eigenvalue weighted by atomic mass is 10.1. The van der Waals surface area contributed by atoms with Gasteiger partial charge in [0.05, 0.1) is 7.11 Å². The van der Waals surface area contributed by atoms with Crippen LogP contribution in [0.4, 0.5) is 5.69 Å². The summed E-state index contributed by atoms with van der Waals surface area (Å²) in [5, 5.41) is 6.26. The van der Waals surface area contributed by atoms with E-state index in [1.165, 1.54) is 0 Å². The van der Waals surface area contributed by atoms with Crippen LogP contribution in [0.2, 0.25) is 0 Å². The minimum Gasteiger partial charge on any atom is -0.493 e. The standard InChI is InChI=1S/C19H23N3O3.2ClH/c1-24-17-5-4-16(22-19(23)12-15-3-2-8-21-15)11-18(17)25-13-14-6-9-20-10-7-14;;/h4-7,9-11,15,21H,2-3,8,12-13H2,1H3,(H,22,23);2*1H. The molecule has 0 spiro atoms. The average Bonchev–Trinajstić information content (AvgIpc) is 3.14. The van der Waals surface area contributed by atoms with Gasteiger partial charge in [-0.3, -0.25) is 9.78 Å². The van der Waals surface area contributed by atoms with Crippen LogP contribution in [-0.2, 0) is 11.4 Å². The fourth-order valence-corrected chi connectivity index (χ4v) is 2.87. The van der Waals surface area contributed by atoms with Crippen LogP contribution < -0.4 is 20.1 Å². The number of benzene rings is 1. The van der Waals surface area contributed by atoms with Crippen LogP contribution in [0.1, 0.15) is 24.8 Å². The first-order chi connectivity index (χ1) is 12.2. The van der Waals surface area contributed by atoms with Gasteiger partial charge in [-0.25, -0.2) is 0 Å². The van der Waals surface area contributed by atoms with Gasteiger partial charge >= 0.3 is 0 Å². The molecule has 0 radical (unpaired) electrons. The highest BCUT2D eigenvalue weighted by molar-refractivity contribution is 5.91. The molecule has 2 N–H and O–H groups in total. The second kappa shape index (κ2) is 11.6. The molecule has 3 rings (SSSR count). The van der Waals surface area contributed by atoms with E-state index in [1.807, 2.05) is 18.2 Å². The lowest BCUT2D eigenvalue weighted by Gasteiger charge is -2.14. The summed E-state index contributed by atoms with van der Waals surface area (Å²) in [6, 6.07) is 9.48. The number of aromatic nitrogens is 1. The Hall–Kier alpha value is -2.02. The maximum absolute atomic E-state index is 12.2. The smallest absolute Gasteiger partial charge is 0.225 e. The predicted molar refractivity (Wildman–Crippen MR) is 110 cm³/mol. The van der Waals surface area contributed by atoms with Crippen molar-refractivity contribution in [1.82, 2.24) is 10.3 Å². The predicted octanol–water partition coefficient (Wildman–Crippen LogP) is 3.59. The van der Waals surface area contributed by atoms with Crippen LogP contribution in [0.3, 0.4) is 0 Å². The molecule has 2 aromatic rings. The number of ether oxygens (including phenoxy) is 2. The van der Waals surface area contributed by atoms with Gasteiger partial charge in [0, 0.05) is 36.6 Å². The van der Waals surface area contributed by atoms with Crippen molar-refractivity contribution in [3.8, 4) is 11.5 Å². The topological polar surface area (TPSA) is 72.5 Å². The maximum atomic E-state index is 12.2. The van der Waals surface area contributed by atoms with E-state index < -0.39 is 0 Å². The van der Waals surface area contributed by atoms with Gasteiger partial charge in [-0.15, -0.1) is 24.8 Å². The fraction of sp³-hybridized carbons (Fsp3) is 0.368. The third kappa shape index (κ3) is 6.90. The molecule has 1 amide bonds. The second-order valence-electron chi connectivity index (χ2n) is 6.06. The molecule has 0 bridgehead atoms. The zero-order valence-electron chi connectivity index (χ0n) is 15.1. The number of carbonyl (C=O) groups is 1. The Balaban J connectivity index is 0.00000182. The van der Waals surface area contributed by atoms with Crippen molar-refractivity contribution in [3.63, 3.8) is 0 Å². The number of halogens is 2. The van der Waals surface area contributed by atoms with Crippen molar-refractivity contribution in [2.24, 2.45) is 0 Å². The highest BCUT2D eigenvalue weighted by Crippen LogP contribution is 2.31. The van der Waals surface area contributed by atoms with E-state index >= 15 is 0 Å². The lowest BCUT2D eigenvalue weighted by Crippen LogP contribution is -2.27. The van der Waals surface area contributed by atoms with Gasteiger partial charge in [-0.2, -0.15) is 0 Å². The molecule has 2 heterocycles. The van der Waals surface area contributed by atoms with Crippen LogP contribution in [-0.4, -0.2) is 30.6 Å². The molecule has 27 heavy (non-hydrogen) atoms. The van der Waals surface area contributed by atoms with E-state index in [4.69, 9.17) is 9.47 Å². The Morgan fingerprint density at radius 3 is 2.67 bits per heavy atom. The van der Waals surface area contributed by atoms with Crippen molar-refractivity contribution in [1.29, 1.82) is 0 Å². The molecular formula is C19H25Cl2N3O3. The Kier molecular flexibility index (Phi) is 9.93. The molecule has 1 aliphatic rings. The average molecular weight is 414 g/mol. The number of hydrogen-bond donors (Lipinski definition) is 2. The zero-order valence-corrected chi connectivity index (χ0v) is 16.8. The highest BCUT2D eigenvalue weighted by atomic mass is 35.5. The molecule has 0 aliphatic carbocycles. The molecule has 1 aliphatic heterocycles. The molecular weight excluding hydrogens is 389 g/mol. The molecule has 1 unspecified atom stereocenters. The van der Waals surface area contributed by atoms with E-state index in [0.717, 1.165) is 24.9 Å². The number of pyridine rings is 1. The van der Waals surface area contributed by atoms with Gasteiger partial charge in [-0.05, 0) is 49.2 Å². The summed E-state index contributed by atoms with van der Waals surface area (Å²) in [6.45, 7) is 1.40. The van der Waals surface area contributed by atoms with Crippen LogP contribution in [0.15, 0.2) is 42.7 Å². The van der Waals surface area contributed by atoms with Gasteiger partial charge in [0.15, 0.2) is 11.5 Å². The van der Waals surface area contributed by atoms with Gasteiger partial charge in [0.1, 0.15) is 6.61 Å².